The maximum absolute atomic E-state index is 13.0. The molecular weight excluding hydrogens is 1100 g/mol. The second-order valence-electron chi connectivity index (χ2n) is 25.4. The molecule has 11 nitrogen and oxygen atoms in total. The molecule has 1 aliphatic heterocycles. The average Bonchev–Trinajstić information content (AvgIpc) is 3.54. The summed E-state index contributed by atoms with van der Waals surface area (Å²) < 4.78 is 27.9. The zero-order valence-electron chi connectivity index (χ0n) is 57.0. The van der Waals surface area contributed by atoms with Crippen LogP contribution in [0, 0.1) is 0 Å². The molecule has 0 aromatic carbocycles. The van der Waals surface area contributed by atoms with E-state index in [9.17, 15) is 28.8 Å². The summed E-state index contributed by atoms with van der Waals surface area (Å²) in [6, 6.07) is 0. The molecule has 0 saturated carbocycles. The number of hydrogen-bond acceptors (Lipinski definition) is 11. The first kappa shape index (κ1) is 82.0. The second kappa shape index (κ2) is 65.9. The third kappa shape index (κ3) is 60.9. The molecular formula is C77H134O11. The van der Waals surface area contributed by atoms with Gasteiger partial charge in [-0.1, -0.05) is 236 Å². The minimum absolute atomic E-state index is 0.00272. The summed E-state index contributed by atoms with van der Waals surface area (Å²) in [5, 5.41) is 0. The van der Waals surface area contributed by atoms with Crippen LogP contribution in [-0.2, 0) is 52.5 Å². The van der Waals surface area contributed by atoms with E-state index < -0.39 is 24.3 Å². The fourth-order valence-electron chi connectivity index (χ4n) is 11.1. The van der Waals surface area contributed by atoms with Crippen molar-refractivity contribution in [2.24, 2.45) is 0 Å². The first-order valence-electron chi connectivity index (χ1n) is 37.2. The van der Waals surface area contributed by atoms with Gasteiger partial charge in [0.05, 0.1) is 0 Å². The summed E-state index contributed by atoms with van der Waals surface area (Å²) in [4.78, 5) is 76.7. The number of carbonyl (C=O) groups excluding carboxylic acids is 6. The van der Waals surface area contributed by atoms with Gasteiger partial charge in [0.1, 0.15) is 18.5 Å². The highest BCUT2D eigenvalue weighted by atomic mass is 16.7. The number of unbranched alkanes of at least 4 members (excludes halogenated alkanes) is 31. The topological polar surface area (TPSA) is 149 Å². The predicted molar refractivity (Wildman–Crippen MR) is 364 cm³/mol. The lowest BCUT2D eigenvalue weighted by atomic mass is 10.0. The van der Waals surface area contributed by atoms with Crippen LogP contribution in [0.1, 0.15) is 380 Å². The Morgan fingerprint density at radius 3 is 1.24 bits per heavy atom. The standard InChI is InChI=1S/C77H134O11/c1-3-5-7-9-11-13-15-17-19-24-30-36-42-48-54-60-70(78)66-67-71(68-84-72(79)61-55-49-43-37-31-25-20-18-16-14-12-10-8-6-4-2)86-74(81)63-57-51-45-39-33-28-23-29-35-41-47-53-59-65-76(83)88-77-69-85-73(80)62-56-50-44-38-32-26-21-22-27-34-40-46-52-58-64-75(82)87-77/h17-23,29,71,77H,3-16,24-28,30-69H2,1-2H3/b19-17+,20-18+,22-21-,29-23+. The van der Waals surface area contributed by atoms with Gasteiger partial charge in [0, 0.05) is 44.9 Å². The zero-order valence-corrected chi connectivity index (χ0v) is 57.0. The van der Waals surface area contributed by atoms with Crippen LogP contribution in [0.4, 0.5) is 0 Å². The molecule has 508 valence electrons. The van der Waals surface area contributed by atoms with Gasteiger partial charge in [-0.15, -0.1) is 0 Å². The highest BCUT2D eigenvalue weighted by Crippen LogP contribution is 2.19. The number of esters is 5. The van der Waals surface area contributed by atoms with E-state index in [1.165, 1.54) is 122 Å². The van der Waals surface area contributed by atoms with E-state index in [1.54, 1.807) is 0 Å². The molecule has 0 aliphatic carbocycles. The van der Waals surface area contributed by atoms with Gasteiger partial charge in [-0.2, -0.15) is 0 Å². The van der Waals surface area contributed by atoms with Gasteiger partial charge < -0.3 is 23.7 Å². The Hall–Kier alpha value is -4.02. The van der Waals surface area contributed by atoms with Crippen molar-refractivity contribution in [3.63, 3.8) is 0 Å². The first-order chi connectivity index (χ1) is 43.2. The van der Waals surface area contributed by atoms with Gasteiger partial charge in [0.25, 0.3) is 6.29 Å². The minimum Gasteiger partial charge on any atom is -0.462 e. The van der Waals surface area contributed by atoms with E-state index in [1.807, 2.05) is 0 Å². The summed E-state index contributed by atoms with van der Waals surface area (Å²) in [6.07, 6.45) is 73.5. The van der Waals surface area contributed by atoms with Gasteiger partial charge in [-0.25, -0.2) is 0 Å². The number of cyclic esters (lactones) is 2. The largest absolute Gasteiger partial charge is 0.462 e. The SMILES string of the molecule is CCCCCCCC/C=C/CCCCCCCC(=O)CCC(COC(=O)CCCCCCC/C=C/CCCCCCCC)OC(=O)CCCCCCC/C=C/CCCCCCC(=O)OC1COC(=O)CCCCCCC/C=C\CCCCCCCC(=O)O1. The molecule has 0 bridgehead atoms. The monoisotopic (exact) mass is 1230 g/mol. The zero-order chi connectivity index (χ0) is 63.5. The number of hydrogen-bond donors (Lipinski definition) is 0. The van der Waals surface area contributed by atoms with Crippen LogP contribution in [0.5, 0.6) is 0 Å². The molecule has 1 aliphatic rings. The Bertz CT molecular complexity index is 1710. The minimum atomic E-state index is -1.23. The average molecular weight is 1240 g/mol. The van der Waals surface area contributed by atoms with E-state index in [0.29, 0.717) is 51.4 Å². The molecule has 0 saturated heterocycles. The maximum Gasteiger partial charge on any atom is 0.308 e. The number of ether oxygens (including phenoxy) is 5. The highest BCUT2D eigenvalue weighted by Gasteiger charge is 2.22. The number of carbonyl (C=O) groups is 6. The summed E-state index contributed by atoms with van der Waals surface area (Å²) in [5.41, 5.74) is 0. The molecule has 2 atom stereocenters. The molecule has 1 heterocycles. The lowest BCUT2D eigenvalue weighted by Crippen LogP contribution is -2.30. The van der Waals surface area contributed by atoms with Crippen LogP contribution < -0.4 is 0 Å². The van der Waals surface area contributed by atoms with Crippen molar-refractivity contribution < 1.29 is 52.5 Å². The van der Waals surface area contributed by atoms with Gasteiger partial charge in [0.15, 0.2) is 6.61 Å². The van der Waals surface area contributed by atoms with Crippen LogP contribution in [0.2, 0.25) is 0 Å². The maximum atomic E-state index is 13.0. The summed E-state index contributed by atoms with van der Waals surface area (Å²) in [7, 11) is 0. The second-order valence-corrected chi connectivity index (χ2v) is 25.4. The molecule has 0 radical (unpaired) electrons. The van der Waals surface area contributed by atoms with Crippen molar-refractivity contribution in [1.82, 2.24) is 0 Å². The molecule has 2 unspecified atom stereocenters. The van der Waals surface area contributed by atoms with Crippen molar-refractivity contribution in [1.29, 1.82) is 0 Å². The van der Waals surface area contributed by atoms with Gasteiger partial charge >= 0.3 is 29.8 Å². The fourth-order valence-corrected chi connectivity index (χ4v) is 11.1. The van der Waals surface area contributed by atoms with E-state index in [2.05, 4.69) is 62.5 Å². The van der Waals surface area contributed by atoms with Crippen LogP contribution in [0.15, 0.2) is 48.6 Å². The lowest BCUT2D eigenvalue weighted by molar-refractivity contribution is -0.200. The summed E-state index contributed by atoms with van der Waals surface area (Å²) >= 11 is 0. The Balaban J connectivity index is 2.37. The Morgan fingerprint density at radius 1 is 0.420 bits per heavy atom. The van der Waals surface area contributed by atoms with Crippen molar-refractivity contribution >= 4 is 35.6 Å². The molecule has 0 N–H and O–H groups in total. The highest BCUT2D eigenvalue weighted by molar-refractivity contribution is 5.78. The lowest BCUT2D eigenvalue weighted by Gasteiger charge is -2.18. The van der Waals surface area contributed by atoms with E-state index in [-0.39, 0.29) is 49.7 Å². The summed E-state index contributed by atoms with van der Waals surface area (Å²) in [6.45, 7) is 4.24. The predicted octanol–water partition coefficient (Wildman–Crippen LogP) is 22.5. The van der Waals surface area contributed by atoms with Crippen LogP contribution in [-0.4, -0.2) is 61.2 Å². The van der Waals surface area contributed by atoms with Crippen molar-refractivity contribution in [2.45, 2.75) is 392 Å². The normalized spacial score (nSPS) is 16.2. The van der Waals surface area contributed by atoms with Crippen molar-refractivity contribution in [3.8, 4) is 0 Å². The van der Waals surface area contributed by atoms with Gasteiger partial charge in [-0.05, 0) is 148 Å². The molecule has 1 rings (SSSR count). The third-order valence-corrected chi connectivity index (χ3v) is 16.8. The number of ketones is 1. The molecule has 0 fully saturated rings. The van der Waals surface area contributed by atoms with Crippen LogP contribution in [0.3, 0.4) is 0 Å². The third-order valence-electron chi connectivity index (χ3n) is 16.8. The quantitative estimate of drug-likeness (QED) is 0.0248. The molecule has 0 aromatic heterocycles. The van der Waals surface area contributed by atoms with Crippen LogP contribution >= 0.6 is 0 Å². The van der Waals surface area contributed by atoms with Crippen molar-refractivity contribution in [2.75, 3.05) is 13.2 Å². The van der Waals surface area contributed by atoms with E-state index >= 15 is 0 Å². The number of allylic oxidation sites excluding steroid dienone is 8. The number of rotatable bonds is 52. The Morgan fingerprint density at radius 2 is 0.784 bits per heavy atom. The molecule has 0 amide bonds. The molecule has 88 heavy (non-hydrogen) atoms. The molecule has 11 heteroatoms. The first-order valence-corrected chi connectivity index (χ1v) is 37.2. The molecule has 0 spiro atoms. The Labute approximate surface area is 539 Å². The van der Waals surface area contributed by atoms with E-state index in [4.69, 9.17) is 23.7 Å². The molecule has 0 aromatic rings. The summed E-state index contributed by atoms with van der Waals surface area (Å²) in [5.74, 6) is -1.63. The van der Waals surface area contributed by atoms with Gasteiger partial charge in [-0.3, -0.25) is 28.8 Å². The van der Waals surface area contributed by atoms with E-state index in [0.717, 1.165) is 180 Å². The Kier molecular flexibility index (Phi) is 61.4. The smallest absolute Gasteiger partial charge is 0.308 e. The van der Waals surface area contributed by atoms with Crippen LogP contribution in [0.25, 0.3) is 0 Å². The number of Topliss-reactive ketones (excluding diaryl/α,β-unsaturated/α-hetero) is 1. The van der Waals surface area contributed by atoms with Gasteiger partial charge in [0.2, 0.25) is 0 Å². The fraction of sp³-hybridized carbons (Fsp3) is 0.818. The van der Waals surface area contributed by atoms with Crippen molar-refractivity contribution in [3.05, 3.63) is 48.6 Å².